The van der Waals surface area contributed by atoms with Gasteiger partial charge in [0.25, 0.3) is 0 Å². The molecule has 0 unspecified atom stereocenters. The van der Waals surface area contributed by atoms with Crippen molar-refractivity contribution >= 4 is 15.7 Å². The SMILES string of the molecule is CCc1ccc(N)cc1S(=O)(=O)NCC(C)C. The van der Waals surface area contributed by atoms with Gasteiger partial charge in [-0.15, -0.1) is 0 Å². The molecule has 0 aliphatic heterocycles. The molecule has 0 saturated heterocycles. The van der Waals surface area contributed by atoms with E-state index in [1.54, 1.807) is 12.1 Å². The zero-order valence-electron chi connectivity index (χ0n) is 10.5. The van der Waals surface area contributed by atoms with Gasteiger partial charge in [-0.2, -0.15) is 0 Å². The van der Waals surface area contributed by atoms with Crippen molar-refractivity contribution in [1.29, 1.82) is 0 Å². The van der Waals surface area contributed by atoms with E-state index in [0.29, 0.717) is 23.5 Å². The molecule has 0 saturated carbocycles. The molecule has 0 amide bonds. The van der Waals surface area contributed by atoms with E-state index in [2.05, 4.69) is 4.72 Å². The Morgan fingerprint density at radius 3 is 2.53 bits per heavy atom. The number of nitrogen functional groups attached to an aromatic ring is 1. The van der Waals surface area contributed by atoms with E-state index < -0.39 is 10.0 Å². The van der Waals surface area contributed by atoms with Crippen LogP contribution in [0.2, 0.25) is 0 Å². The minimum Gasteiger partial charge on any atom is -0.399 e. The van der Waals surface area contributed by atoms with E-state index in [1.807, 2.05) is 20.8 Å². The Morgan fingerprint density at radius 1 is 1.35 bits per heavy atom. The van der Waals surface area contributed by atoms with Gasteiger partial charge >= 0.3 is 0 Å². The van der Waals surface area contributed by atoms with Crippen LogP contribution >= 0.6 is 0 Å². The molecule has 0 bridgehead atoms. The van der Waals surface area contributed by atoms with Crippen LogP contribution in [-0.2, 0) is 16.4 Å². The van der Waals surface area contributed by atoms with Crippen LogP contribution in [0.5, 0.6) is 0 Å². The number of benzene rings is 1. The zero-order valence-corrected chi connectivity index (χ0v) is 11.3. The molecule has 0 heterocycles. The van der Waals surface area contributed by atoms with Crippen LogP contribution in [0.3, 0.4) is 0 Å². The fourth-order valence-electron chi connectivity index (χ4n) is 1.47. The molecule has 4 nitrogen and oxygen atoms in total. The summed E-state index contributed by atoms with van der Waals surface area (Å²) in [6.07, 6.45) is 0.665. The number of sulfonamides is 1. The van der Waals surface area contributed by atoms with E-state index in [1.165, 1.54) is 6.07 Å². The second kappa shape index (κ2) is 5.51. The van der Waals surface area contributed by atoms with Gasteiger partial charge in [0.2, 0.25) is 10.0 Å². The molecular weight excluding hydrogens is 236 g/mol. The van der Waals surface area contributed by atoms with Gasteiger partial charge in [0.15, 0.2) is 0 Å². The lowest BCUT2D eigenvalue weighted by molar-refractivity contribution is 0.559. The summed E-state index contributed by atoms with van der Waals surface area (Å²) in [7, 11) is -3.45. The maximum Gasteiger partial charge on any atom is 0.240 e. The maximum absolute atomic E-state index is 12.1. The molecule has 0 fully saturated rings. The van der Waals surface area contributed by atoms with Gasteiger partial charge in [-0.3, -0.25) is 0 Å². The van der Waals surface area contributed by atoms with Crippen LogP contribution in [0, 0.1) is 5.92 Å². The van der Waals surface area contributed by atoms with Crippen LogP contribution in [0.15, 0.2) is 23.1 Å². The lowest BCUT2D eigenvalue weighted by Crippen LogP contribution is -2.28. The van der Waals surface area contributed by atoms with Gasteiger partial charge in [0, 0.05) is 12.2 Å². The number of hydrogen-bond acceptors (Lipinski definition) is 3. The number of nitrogens with two attached hydrogens (primary N) is 1. The summed E-state index contributed by atoms with van der Waals surface area (Å²) in [5.74, 6) is 0.274. The Labute approximate surface area is 103 Å². The molecule has 17 heavy (non-hydrogen) atoms. The fraction of sp³-hybridized carbons (Fsp3) is 0.500. The van der Waals surface area contributed by atoms with Crippen LogP contribution in [-0.4, -0.2) is 15.0 Å². The third-order valence-corrected chi connectivity index (χ3v) is 3.95. The molecule has 1 rings (SSSR count). The summed E-state index contributed by atoms with van der Waals surface area (Å²) >= 11 is 0. The zero-order chi connectivity index (χ0) is 13.1. The van der Waals surface area contributed by atoms with Gasteiger partial charge in [0.05, 0.1) is 4.90 Å². The molecule has 1 aromatic rings. The molecule has 1 aromatic carbocycles. The molecule has 0 aliphatic carbocycles. The first-order chi connectivity index (χ1) is 7.86. The number of hydrogen-bond donors (Lipinski definition) is 2. The van der Waals surface area contributed by atoms with Crippen LogP contribution in [0.4, 0.5) is 5.69 Å². The Kier molecular flexibility index (Phi) is 4.54. The quantitative estimate of drug-likeness (QED) is 0.789. The third-order valence-electron chi connectivity index (χ3n) is 2.44. The highest BCUT2D eigenvalue weighted by molar-refractivity contribution is 7.89. The van der Waals surface area contributed by atoms with Gasteiger partial charge in [-0.1, -0.05) is 26.8 Å². The molecule has 0 radical (unpaired) electrons. The van der Waals surface area contributed by atoms with Gasteiger partial charge in [-0.25, -0.2) is 13.1 Å². The third kappa shape index (κ3) is 3.71. The summed E-state index contributed by atoms with van der Waals surface area (Å²) in [5.41, 5.74) is 6.89. The van der Waals surface area contributed by atoms with Crippen LogP contribution < -0.4 is 10.5 Å². The largest absolute Gasteiger partial charge is 0.399 e. The molecule has 0 spiro atoms. The Morgan fingerprint density at radius 2 is 2.00 bits per heavy atom. The Bertz CT molecular complexity index is 481. The fourth-order valence-corrected chi connectivity index (χ4v) is 3.02. The van der Waals surface area contributed by atoms with Crippen molar-refractivity contribution in [3.05, 3.63) is 23.8 Å². The highest BCUT2D eigenvalue weighted by Gasteiger charge is 2.18. The predicted molar refractivity (Wildman–Crippen MR) is 70.3 cm³/mol. The molecule has 3 N–H and O–H groups in total. The standard InChI is InChI=1S/C12H20N2O2S/c1-4-10-5-6-11(13)7-12(10)17(15,16)14-8-9(2)3/h5-7,9,14H,4,8,13H2,1-3H3. The summed E-state index contributed by atoms with van der Waals surface area (Å²) in [6, 6.07) is 5.00. The van der Waals surface area contributed by atoms with Crippen LogP contribution in [0.1, 0.15) is 26.3 Å². The van der Waals surface area contributed by atoms with E-state index >= 15 is 0 Å². The van der Waals surface area contributed by atoms with Crippen molar-refractivity contribution in [2.75, 3.05) is 12.3 Å². The Hall–Kier alpha value is -1.07. The number of rotatable bonds is 5. The lowest BCUT2D eigenvalue weighted by Gasteiger charge is -2.12. The monoisotopic (exact) mass is 256 g/mol. The smallest absolute Gasteiger partial charge is 0.240 e. The van der Waals surface area contributed by atoms with Gasteiger partial charge < -0.3 is 5.73 Å². The molecule has 0 atom stereocenters. The highest BCUT2D eigenvalue weighted by Crippen LogP contribution is 2.19. The van der Waals surface area contributed by atoms with E-state index in [9.17, 15) is 8.42 Å². The van der Waals surface area contributed by atoms with E-state index in [-0.39, 0.29) is 5.92 Å². The highest BCUT2D eigenvalue weighted by atomic mass is 32.2. The topological polar surface area (TPSA) is 72.2 Å². The van der Waals surface area contributed by atoms with Crippen molar-refractivity contribution in [3.8, 4) is 0 Å². The predicted octanol–water partition coefficient (Wildman–Crippen LogP) is 1.77. The first kappa shape index (κ1) is 14.0. The average Bonchev–Trinajstić information content (AvgIpc) is 2.26. The van der Waals surface area contributed by atoms with Crippen molar-refractivity contribution < 1.29 is 8.42 Å². The second-order valence-electron chi connectivity index (χ2n) is 4.47. The Balaban J connectivity index is 3.09. The summed E-state index contributed by atoms with van der Waals surface area (Å²) in [4.78, 5) is 0.292. The molecule has 96 valence electrons. The first-order valence-electron chi connectivity index (χ1n) is 5.75. The number of nitrogens with one attached hydrogen (secondary N) is 1. The summed E-state index contributed by atoms with van der Waals surface area (Å²) in [5, 5.41) is 0. The van der Waals surface area contributed by atoms with Crippen molar-refractivity contribution in [3.63, 3.8) is 0 Å². The molecule has 0 aliphatic rings. The van der Waals surface area contributed by atoms with E-state index in [4.69, 9.17) is 5.73 Å². The minimum absolute atomic E-state index is 0.274. The summed E-state index contributed by atoms with van der Waals surface area (Å²) < 4.78 is 26.8. The van der Waals surface area contributed by atoms with Gasteiger partial charge in [0.1, 0.15) is 0 Å². The summed E-state index contributed by atoms with van der Waals surface area (Å²) in [6.45, 7) is 6.28. The number of aryl methyl sites for hydroxylation is 1. The molecular formula is C12H20N2O2S. The average molecular weight is 256 g/mol. The molecule has 0 aromatic heterocycles. The lowest BCUT2D eigenvalue weighted by atomic mass is 10.1. The van der Waals surface area contributed by atoms with Crippen molar-refractivity contribution in [2.45, 2.75) is 32.1 Å². The maximum atomic E-state index is 12.1. The second-order valence-corrected chi connectivity index (χ2v) is 6.20. The van der Waals surface area contributed by atoms with Crippen LogP contribution in [0.25, 0.3) is 0 Å². The normalized spacial score (nSPS) is 12.0. The number of anilines is 1. The first-order valence-corrected chi connectivity index (χ1v) is 7.23. The van der Waals surface area contributed by atoms with E-state index in [0.717, 1.165) is 5.56 Å². The van der Waals surface area contributed by atoms with Crippen molar-refractivity contribution in [1.82, 2.24) is 4.72 Å². The van der Waals surface area contributed by atoms with Crippen molar-refractivity contribution in [2.24, 2.45) is 5.92 Å². The molecule has 5 heteroatoms. The minimum atomic E-state index is -3.45. The van der Waals surface area contributed by atoms with Gasteiger partial charge in [-0.05, 0) is 30.0 Å².